The zero-order valence-electron chi connectivity index (χ0n) is 12.9. The van der Waals surface area contributed by atoms with Gasteiger partial charge in [0.05, 0.1) is 0 Å². The molecule has 0 aliphatic heterocycles. The predicted octanol–water partition coefficient (Wildman–Crippen LogP) is 4.99. The summed E-state index contributed by atoms with van der Waals surface area (Å²) in [4.78, 5) is 0. The summed E-state index contributed by atoms with van der Waals surface area (Å²) in [5, 5.41) is 10.0. The molecule has 2 nitrogen and oxygen atoms in total. The molecule has 1 aromatic carbocycles. The molecule has 0 bridgehead atoms. The van der Waals surface area contributed by atoms with Crippen LogP contribution in [-0.4, -0.2) is 13.8 Å². The van der Waals surface area contributed by atoms with Crippen LogP contribution in [0, 0.1) is 17.2 Å². The van der Waals surface area contributed by atoms with Crippen molar-refractivity contribution < 1.29 is 4.43 Å². The van der Waals surface area contributed by atoms with E-state index in [-0.39, 0.29) is 5.92 Å². The summed E-state index contributed by atoms with van der Waals surface area (Å²) in [7, 11) is -2.06. The summed E-state index contributed by atoms with van der Waals surface area (Å²) >= 11 is 6.11. The lowest BCUT2D eigenvalue weighted by atomic mass is 9.74. The lowest BCUT2D eigenvalue weighted by molar-refractivity contribution is 0.0314. The molecule has 1 aromatic rings. The Morgan fingerprint density at radius 2 is 1.86 bits per heavy atom. The standard InChI is InChI=1S/C17H24ClNOSi/c1-21(2,14-18)20-17(13-19,15-9-5-3-6-10-15)16-11-7-4-8-12-16/h3,5-6,9-10,16H,4,7-8,11-12,14H2,1-2H3. The van der Waals surface area contributed by atoms with E-state index >= 15 is 0 Å². The maximum atomic E-state index is 10.0. The molecule has 1 saturated carbocycles. The molecule has 0 saturated heterocycles. The van der Waals surface area contributed by atoms with Gasteiger partial charge in [-0.3, -0.25) is 0 Å². The van der Waals surface area contributed by atoms with Crippen LogP contribution >= 0.6 is 11.6 Å². The number of hydrogen-bond donors (Lipinski definition) is 0. The van der Waals surface area contributed by atoms with Crippen molar-refractivity contribution >= 4 is 19.9 Å². The zero-order chi connectivity index (χ0) is 15.3. The third-order valence-electron chi connectivity index (χ3n) is 4.31. The number of nitrogens with zero attached hydrogens (tertiary/aromatic N) is 1. The molecule has 1 aliphatic carbocycles. The van der Waals surface area contributed by atoms with Gasteiger partial charge in [0.1, 0.15) is 6.07 Å². The van der Waals surface area contributed by atoms with Crippen molar-refractivity contribution in [1.29, 1.82) is 5.26 Å². The van der Waals surface area contributed by atoms with E-state index in [0.717, 1.165) is 18.4 Å². The molecule has 1 aliphatic rings. The molecule has 0 amide bonds. The second kappa shape index (κ2) is 6.96. The molecule has 1 fully saturated rings. The molecule has 0 spiro atoms. The minimum Gasteiger partial charge on any atom is -0.395 e. The molecule has 1 unspecified atom stereocenters. The summed E-state index contributed by atoms with van der Waals surface area (Å²) in [6, 6.07) is 12.6. The van der Waals surface area contributed by atoms with Gasteiger partial charge in [0.2, 0.25) is 8.32 Å². The lowest BCUT2D eigenvalue weighted by Gasteiger charge is -2.42. The number of alkyl halides is 1. The summed E-state index contributed by atoms with van der Waals surface area (Å²) in [6.07, 6.45) is 5.77. The fourth-order valence-electron chi connectivity index (χ4n) is 3.21. The van der Waals surface area contributed by atoms with E-state index in [0.29, 0.717) is 5.50 Å². The van der Waals surface area contributed by atoms with E-state index in [4.69, 9.17) is 16.0 Å². The van der Waals surface area contributed by atoms with Crippen molar-refractivity contribution in [3.63, 3.8) is 0 Å². The van der Waals surface area contributed by atoms with E-state index in [1.807, 2.05) is 30.3 Å². The van der Waals surface area contributed by atoms with Gasteiger partial charge in [-0.1, -0.05) is 49.6 Å². The molecule has 2 rings (SSSR count). The summed E-state index contributed by atoms with van der Waals surface area (Å²) in [6.45, 7) is 4.19. The first-order valence-electron chi connectivity index (χ1n) is 7.77. The Hall–Kier alpha value is -0.823. The highest BCUT2D eigenvalue weighted by molar-refractivity contribution is 6.77. The van der Waals surface area contributed by atoms with Crippen LogP contribution in [0.15, 0.2) is 30.3 Å². The first-order valence-corrected chi connectivity index (χ1v) is 11.4. The van der Waals surface area contributed by atoms with E-state index in [9.17, 15) is 5.26 Å². The second-order valence-corrected chi connectivity index (χ2v) is 11.3. The molecule has 114 valence electrons. The van der Waals surface area contributed by atoms with Crippen LogP contribution in [0.25, 0.3) is 0 Å². The van der Waals surface area contributed by atoms with Gasteiger partial charge in [0.15, 0.2) is 5.60 Å². The third-order valence-corrected chi connectivity index (χ3v) is 7.76. The minimum atomic E-state index is -2.06. The van der Waals surface area contributed by atoms with Gasteiger partial charge >= 0.3 is 0 Å². The Bertz CT molecular complexity index is 493. The van der Waals surface area contributed by atoms with Gasteiger partial charge in [-0.05, 0) is 31.5 Å². The molecule has 0 radical (unpaired) electrons. The fraction of sp³-hybridized carbons (Fsp3) is 0.588. The smallest absolute Gasteiger partial charge is 0.203 e. The summed E-state index contributed by atoms with van der Waals surface area (Å²) in [5.74, 6) is 0.272. The largest absolute Gasteiger partial charge is 0.395 e. The van der Waals surface area contributed by atoms with Gasteiger partial charge < -0.3 is 4.43 Å². The van der Waals surface area contributed by atoms with Crippen LogP contribution in [0.1, 0.15) is 37.7 Å². The fourth-order valence-corrected chi connectivity index (χ4v) is 4.63. The topological polar surface area (TPSA) is 33.0 Å². The van der Waals surface area contributed by atoms with Gasteiger partial charge in [-0.15, -0.1) is 11.6 Å². The molecule has 0 N–H and O–H groups in total. The normalized spacial score (nSPS) is 19.7. The van der Waals surface area contributed by atoms with Gasteiger partial charge in [-0.2, -0.15) is 5.26 Å². The average Bonchev–Trinajstić information content (AvgIpc) is 2.54. The first kappa shape index (κ1) is 16.5. The summed E-state index contributed by atoms with van der Waals surface area (Å²) < 4.78 is 6.50. The number of hydrogen-bond acceptors (Lipinski definition) is 2. The van der Waals surface area contributed by atoms with E-state index < -0.39 is 13.9 Å². The van der Waals surface area contributed by atoms with E-state index in [1.54, 1.807) is 0 Å². The molecule has 4 heteroatoms. The summed E-state index contributed by atoms with van der Waals surface area (Å²) in [5.41, 5.74) is 0.674. The highest BCUT2D eigenvalue weighted by Gasteiger charge is 2.46. The van der Waals surface area contributed by atoms with Crippen LogP contribution in [0.2, 0.25) is 13.1 Å². The molecule has 0 aromatic heterocycles. The Balaban J connectivity index is 2.43. The van der Waals surface area contributed by atoms with Crippen molar-refractivity contribution in [2.45, 2.75) is 50.8 Å². The molecule has 1 atom stereocenters. The Morgan fingerprint density at radius 3 is 2.38 bits per heavy atom. The van der Waals surface area contributed by atoms with Crippen LogP contribution in [0.3, 0.4) is 0 Å². The van der Waals surface area contributed by atoms with E-state index in [1.165, 1.54) is 19.3 Å². The minimum absolute atomic E-state index is 0.272. The van der Waals surface area contributed by atoms with Gasteiger partial charge in [-0.25, -0.2) is 0 Å². The number of nitriles is 1. The van der Waals surface area contributed by atoms with Crippen molar-refractivity contribution in [2.24, 2.45) is 5.92 Å². The number of halogens is 1. The Kier molecular flexibility index (Phi) is 5.48. The number of rotatable bonds is 5. The molecular weight excluding hydrogens is 298 g/mol. The Morgan fingerprint density at radius 1 is 1.24 bits per heavy atom. The zero-order valence-corrected chi connectivity index (χ0v) is 14.7. The SMILES string of the molecule is C[Si](C)(CCl)OC(C#N)(c1ccccc1)C1CCCCC1. The van der Waals surface area contributed by atoms with Crippen molar-refractivity contribution in [3.05, 3.63) is 35.9 Å². The second-order valence-electron chi connectivity index (χ2n) is 6.54. The third kappa shape index (κ3) is 3.69. The monoisotopic (exact) mass is 321 g/mol. The van der Waals surface area contributed by atoms with Crippen LogP contribution in [-0.2, 0) is 10.0 Å². The lowest BCUT2D eigenvalue weighted by Crippen LogP contribution is -2.48. The average molecular weight is 322 g/mol. The highest BCUT2D eigenvalue weighted by Crippen LogP contribution is 2.43. The van der Waals surface area contributed by atoms with E-state index in [2.05, 4.69) is 19.2 Å². The van der Waals surface area contributed by atoms with Crippen LogP contribution in [0.5, 0.6) is 0 Å². The van der Waals surface area contributed by atoms with Crippen molar-refractivity contribution in [1.82, 2.24) is 0 Å². The first-order chi connectivity index (χ1) is 10.0. The number of benzene rings is 1. The van der Waals surface area contributed by atoms with Crippen LogP contribution < -0.4 is 0 Å². The van der Waals surface area contributed by atoms with Crippen molar-refractivity contribution in [3.8, 4) is 6.07 Å². The maximum Gasteiger partial charge on any atom is 0.203 e. The predicted molar refractivity (Wildman–Crippen MR) is 89.6 cm³/mol. The molecule has 21 heavy (non-hydrogen) atoms. The highest BCUT2D eigenvalue weighted by atomic mass is 35.5. The van der Waals surface area contributed by atoms with Crippen LogP contribution in [0.4, 0.5) is 0 Å². The Labute approximate surface area is 134 Å². The molecular formula is C17H24ClNOSi. The maximum absolute atomic E-state index is 10.0. The van der Waals surface area contributed by atoms with Crippen molar-refractivity contribution in [2.75, 3.05) is 5.50 Å². The molecule has 0 heterocycles. The quantitative estimate of drug-likeness (QED) is 0.565. The van der Waals surface area contributed by atoms with Gasteiger partial charge in [0.25, 0.3) is 0 Å². The van der Waals surface area contributed by atoms with Gasteiger partial charge in [0, 0.05) is 11.4 Å².